The Hall–Kier alpha value is -1.30. The van der Waals surface area contributed by atoms with Gasteiger partial charge in [-0.05, 0) is 37.5 Å². The second-order valence-electron chi connectivity index (χ2n) is 6.68. The van der Waals surface area contributed by atoms with E-state index < -0.39 is 0 Å². The molecular weight excluding hydrogens is 363 g/mol. The number of carbonyl (C=O) groups excluding carboxylic acids is 2. The number of benzene rings is 1. The Morgan fingerprint density at radius 1 is 1.04 bits per heavy atom. The first-order chi connectivity index (χ1) is 11.9. The van der Waals surface area contributed by atoms with E-state index in [9.17, 15) is 9.59 Å². The molecule has 2 amide bonds. The fourth-order valence-electron chi connectivity index (χ4n) is 3.83. The molecule has 1 aromatic carbocycles. The molecule has 0 aliphatic carbocycles. The summed E-state index contributed by atoms with van der Waals surface area (Å²) < 4.78 is 5.49. The van der Waals surface area contributed by atoms with E-state index in [0.717, 1.165) is 19.3 Å². The zero-order valence-electron chi connectivity index (χ0n) is 14.3. The number of carbonyl (C=O) groups is 2. The van der Waals surface area contributed by atoms with Crippen LogP contribution < -0.4 is 0 Å². The number of hydrogen-bond donors (Lipinski definition) is 0. The molecule has 0 radical (unpaired) electrons. The van der Waals surface area contributed by atoms with E-state index in [1.165, 1.54) is 0 Å². The van der Waals surface area contributed by atoms with Gasteiger partial charge in [0, 0.05) is 50.9 Å². The molecule has 0 saturated carbocycles. The molecule has 2 aliphatic heterocycles. The molecule has 2 aliphatic rings. The van der Waals surface area contributed by atoms with Crippen LogP contribution >= 0.6 is 23.2 Å². The summed E-state index contributed by atoms with van der Waals surface area (Å²) in [7, 11) is 0. The summed E-state index contributed by atoms with van der Waals surface area (Å²) in [6.45, 7) is 4.59. The Bertz CT molecular complexity index is 674. The highest BCUT2D eigenvalue weighted by Crippen LogP contribution is 2.34. The molecule has 2 fully saturated rings. The topological polar surface area (TPSA) is 49.9 Å². The smallest absolute Gasteiger partial charge is 0.253 e. The van der Waals surface area contributed by atoms with Gasteiger partial charge in [-0.15, -0.1) is 0 Å². The molecule has 0 bridgehead atoms. The Morgan fingerprint density at radius 3 is 2.40 bits per heavy atom. The van der Waals surface area contributed by atoms with Crippen molar-refractivity contribution in [1.29, 1.82) is 0 Å². The van der Waals surface area contributed by atoms with Crippen molar-refractivity contribution in [2.75, 3.05) is 32.8 Å². The third-order valence-electron chi connectivity index (χ3n) is 5.27. The zero-order chi connectivity index (χ0) is 18.0. The summed E-state index contributed by atoms with van der Waals surface area (Å²) in [5, 5.41) is 0.798. The van der Waals surface area contributed by atoms with Gasteiger partial charge in [0.15, 0.2) is 0 Å². The van der Waals surface area contributed by atoms with Crippen LogP contribution in [0.2, 0.25) is 10.0 Å². The molecule has 5 nitrogen and oxygen atoms in total. The number of ether oxygens (including phenoxy) is 1. The highest BCUT2D eigenvalue weighted by atomic mass is 35.5. The number of amides is 2. The molecule has 0 aromatic heterocycles. The number of nitrogens with zero attached hydrogens (tertiary/aromatic N) is 2. The van der Waals surface area contributed by atoms with Gasteiger partial charge in [0.2, 0.25) is 5.91 Å². The normalized spacial score (nSPS) is 20.4. The van der Waals surface area contributed by atoms with Crippen LogP contribution in [-0.2, 0) is 9.53 Å². The van der Waals surface area contributed by atoms with Crippen molar-refractivity contribution >= 4 is 35.0 Å². The maximum absolute atomic E-state index is 12.9. The quantitative estimate of drug-likeness (QED) is 0.746. The molecule has 0 unspecified atom stereocenters. The van der Waals surface area contributed by atoms with Gasteiger partial charge in [-0.3, -0.25) is 9.59 Å². The number of halogens is 2. The molecule has 3 rings (SSSR count). The molecular formula is C18H22Cl2N2O3. The molecule has 7 heteroatoms. The first-order valence-corrected chi connectivity index (χ1v) is 9.29. The lowest BCUT2D eigenvalue weighted by molar-refractivity contribution is -0.139. The van der Waals surface area contributed by atoms with Gasteiger partial charge in [0.25, 0.3) is 5.91 Å². The van der Waals surface area contributed by atoms with E-state index in [4.69, 9.17) is 27.9 Å². The van der Waals surface area contributed by atoms with Crippen LogP contribution in [0, 0.1) is 0 Å². The Labute approximate surface area is 157 Å². The second-order valence-corrected chi connectivity index (χ2v) is 7.49. The van der Waals surface area contributed by atoms with Crippen molar-refractivity contribution in [3.63, 3.8) is 0 Å². The van der Waals surface area contributed by atoms with Crippen molar-refractivity contribution in [2.24, 2.45) is 0 Å². The predicted molar refractivity (Wildman–Crippen MR) is 97.2 cm³/mol. The minimum Gasteiger partial charge on any atom is -0.381 e. The highest BCUT2D eigenvalue weighted by Gasteiger charge is 2.42. The largest absolute Gasteiger partial charge is 0.381 e. The van der Waals surface area contributed by atoms with Crippen LogP contribution in [0.4, 0.5) is 0 Å². The van der Waals surface area contributed by atoms with E-state index in [2.05, 4.69) is 0 Å². The SMILES string of the molecule is CC(=O)N1CCN(C(=O)c2ccc(Cl)c(Cl)c2)CCC12CCOCC2. The minimum absolute atomic E-state index is 0.0609. The van der Waals surface area contributed by atoms with Crippen molar-refractivity contribution in [3.05, 3.63) is 33.8 Å². The summed E-state index contributed by atoms with van der Waals surface area (Å²) >= 11 is 12.0. The molecule has 1 spiro atoms. The van der Waals surface area contributed by atoms with E-state index in [-0.39, 0.29) is 17.4 Å². The second kappa shape index (κ2) is 7.52. The van der Waals surface area contributed by atoms with Gasteiger partial charge in [0.1, 0.15) is 0 Å². The van der Waals surface area contributed by atoms with Crippen LogP contribution in [-0.4, -0.2) is 60.0 Å². The summed E-state index contributed by atoms with van der Waals surface area (Å²) in [4.78, 5) is 28.8. The van der Waals surface area contributed by atoms with Crippen LogP contribution in [0.5, 0.6) is 0 Å². The Morgan fingerprint density at radius 2 is 1.76 bits per heavy atom. The molecule has 2 heterocycles. The van der Waals surface area contributed by atoms with Gasteiger partial charge in [0.05, 0.1) is 10.0 Å². The van der Waals surface area contributed by atoms with Gasteiger partial charge in [-0.1, -0.05) is 23.2 Å². The summed E-state index contributed by atoms with van der Waals surface area (Å²) in [5.41, 5.74) is 0.322. The predicted octanol–water partition coefficient (Wildman–Crippen LogP) is 3.24. The van der Waals surface area contributed by atoms with Gasteiger partial charge in [-0.2, -0.15) is 0 Å². The van der Waals surface area contributed by atoms with E-state index in [1.54, 1.807) is 30.0 Å². The minimum atomic E-state index is -0.198. The standard InChI is InChI=1S/C18H22Cl2N2O3/c1-13(23)22-9-8-21(7-4-18(22)5-10-25-11-6-18)17(24)14-2-3-15(19)16(20)12-14/h2-3,12H,4-11H2,1H3. The van der Waals surface area contributed by atoms with Crippen LogP contribution in [0.1, 0.15) is 36.5 Å². The summed E-state index contributed by atoms with van der Waals surface area (Å²) in [6, 6.07) is 4.93. The average molecular weight is 385 g/mol. The molecule has 0 N–H and O–H groups in total. The van der Waals surface area contributed by atoms with Gasteiger partial charge < -0.3 is 14.5 Å². The third kappa shape index (κ3) is 3.78. The number of hydrogen-bond acceptors (Lipinski definition) is 3. The average Bonchev–Trinajstić information content (AvgIpc) is 2.77. The van der Waals surface area contributed by atoms with Crippen LogP contribution in [0.25, 0.3) is 0 Å². The maximum Gasteiger partial charge on any atom is 0.253 e. The van der Waals surface area contributed by atoms with Crippen molar-refractivity contribution in [2.45, 2.75) is 31.7 Å². The van der Waals surface area contributed by atoms with E-state index >= 15 is 0 Å². The van der Waals surface area contributed by atoms with Crippen molar-refractivity contribution in [3.8, 4) is 0 Å². The Balaban J connectivity index is 1.80. The maximum atomic E-state index is 12.9. The van der Waals surface area contributed by atoms with Crippen molar-refractivity contribution < 1.29 is 14.3 Å². The molecule has 1 aromatic rings. The zero-order valence-corrected chi connectivity index (χ0v) is 15.8. The summed E-state index contributed by atoms with van der Waals surface area (Å²) in [6.07, 6.45) is 2.41. The van der Waals surface area contributed by atoms with Gasteiger partial charge in [-0.25, -0.2) is 0 Å². The number of rotatable bonds is 1. The first kappa shape index (κ1) is 18.5. The van der Waals surface area contributed by atoms with E-state index in [0.29, 0.717) is 48.5 Å². The lowest BCUT2D eigenvalue weighted by atomic mass is 9.84. The summed E-state index contributed by atoms with van der Waals surface area (Å²) in [5.74, 6) is -0.0167. The monoisotopic (exact) mass is 384 g/mol. The molecule has 2 saturated heterocycles. The highest BCUT2D eigenvalue weighted by molar-refractivity contribution is 6.42. The lowest BCUT2D eigenvalue weighted by Gasteiger charge is -2.44. The van der Waals surface area contributed by atoms with Crippen LogP contribution in [0.15, 0.2) is 18.2 Å². The third-order valence-corrected chi connectivity index (χ3v) is 6.01. The molecule has 136 valence electrons. The fourth-order valence-corrected chi connectivity index (χ4v) is 4.12. The van der Waals surface area contributed by atoms with Gasteiger partial charge >= 0.3 is 0 Å². The fraction of sp³-hybridized carbons (Fsp3) is 0.556. The molecule has 25 heavy (non-hydrogen) atoms. The lowest BCUT2D eigenvalue weighted by Crippen LogP contribution is -2.54. The molecule has 0 atom stereocenters. The van der Waals surface area contributed by atoms with E-state index in [1.807, 2.05) is 4.90 Å². The Kier molecular flexibility index (Phi) is 5.56. The van der Waals surface area contributed by atoms with Crippen molar-refractivity contribution in [1.82, 2.24) is 9.80 Å². The van der Waals surface area contributed by atoms with Crippen LogP contribution in [0.3, 0.4) is 0 Å². The first-order valence-electron chi connectivity index (χ1n) is 8.53.